The molecule has 0 spiro atoms. The number of para-hydroxylation sites is 2. The number of carbonyl (C=O) groups is 2. The summed E-state index contributed by atoms with van der Waals surface area (Å²) in [6, 6.07) is 27.7. The highest BCUT2D eigenvalue weighted by Crippen LogP contribution is 2.37. The molecule has 0 aliphatic carbocycles. The molecule has 1 unspecified atom stereocenters. The van der Waals surface area contributed by atoms with Crippen LogP contribution >= 0.6 is 61.3 Å². The molecule has 60 heavy (non-hydrogen) atoms. The maximum Gasteiger partial charge on any atom is 0.498 e. The van der Waals surface area contributed by atoms with Crippen molar-refractivity contribution >= 4 is 117 Å². The van der Waals surface area contributed by atoms with Gasteiger partial charge < -0.3 is 19.9 Å². The number of aryl methyl sites for hydroxylation is 2. The highest BCUT2D eigenvalue weighted by molar-refractivity contribution is 9.11. The Hall–Kier alpha value is -4.81. The predicted octanol–water partition coefficient (Wildman–Crippen LogP) is 12.3. The van der Waals surface area contributed by atoms with Crippen molar-refractivity contribution in [3.05, 3.63) is 151 Å². The molecule has 1 saturated heterocycles. The normalized spacial score (nSPS) is 15.6. The minimum Gasteiger partial charge on any atom is -0.395 e. The minimum absolute atomic E-state index is 0.183. The van der Waals surface area contributed by atoms with Gasteiger partial charge in [-0.15, -0.1) is 45.3 Å². The third kappa shape index (κ3) is 9.71. The number of thiazole rings is 2. The molecular weight excluding hydrogens is 905 g/mol. The van der Waals surface area contributed by atoms with Gasteiger partial charge in [-0.05, 0) is 139 Å². The molecule has 2 N–H and O–H groups in total. The van der Waals surface area contributed by atoms with Crippen LogP contribution in [0.1, 0.15) is 51.2 Å². The molecule has 1 aliphatic rings. The maximum absolute atomic E-state index is 13.7. The molecule has 1 atom stereocenters. The Bertz CT molecular complexity index is 2820. The number of fused-ring (bicyclic) bond motifs is 2. The van der Waals surface area contributed by atoms with Crippen LogP contribution in [0, 0.1) is 32.4 Å². The van der Waals surface area contributed by atoms with Gasteiger partial charge in [0, 0.05) is 11.8 Å². The zero-order chi connectivity index (χ0) is 42.8. The van der Waals surface area contributed by atoms with E-state index in [-0.39, 0.29) is 30.3 Å². The summed E-state index contributed by atoms with van der Waals surface area (Å²) >= 11 is 9.21. The largest absolute Gasteiger partial charge is 0.498 e. The van der Waals surface area contributed by atoms with Gasteiger partial charge in [-0.3, -0.25) is 9.59 Å². The Morgan fingerprint density at radius 2 is 1.25 bits per heavy atom. The summed E-state index contributed by atoms with van der Waals surface area (Å²) in [6.07, 6.45) is 0. The Kier molecular flexibility index (Phi) is 13.0. The number of thiophene rings is 2. The summed E-state index contributed by atoms with van der Waals surface area (Å²) in [4.78, 5) is 34.9. The predicted molar refractivity (Wildman–Crippen MR) is 248 cm³/mol. The molecule has 4 aromatic carbocycles. The lowest BCUT2D eigenvalue weighted by atomic mass is 9.76. The molecule has 1 aliphatic heterocycles. The number of aromatic nitrogens is 2. The number of amides is 2. The first-order chi connectivity index (χ1) is 28.6. The second-order valence-electron chi connectivity index (χ2n) is 14.5. The van der Waals surface area contributed by atoms with E-state index in [2.05, 4.69) is 68.6 Å². The lowest BCUT2D eigenvalue weighted by molar-refractivity contribution is 0.0262. The van der Waals surface area contributed by atoms with Gasteiger partial charge in [0.15, 0.2) is 0 Å². The summed E-state index contributed by atoms with van der Waals surface area (Å²) in [5.41, 5.74) is 9.45. The van der Waals surface area contributed by atoms with Gasteiger partial charge in [0.25, 0.3) is 11.8 Å². The molecule has 304 valence electrons. The van der Waals surface area contributed by atoms with Crippen LogP contribution in [0.25, 0.3) is 30.9 Å². The van der Waals surface area contributed by atoms with E-state index in [1.165, 1.54) is 45.6 Å². The molecule has 1 fully saturated rings. The molecule has 5 heterocycles. The van der Waals surface area contributed by atoms with E-state index in [9.17, 15) is 18.4 Å². The SMILES string of the molecule is Cc1cc2scnc2cc1-c1ccc(C(=O)Nc2ccccc2F)s1.O=C(Nc1ccccc1F)c1ccc(Br)s1.[CH2+]C1(C)OB(c2cc3ncsc3cc2C)OC1(C)C. The summed E-state index contributed by atoms with van der Waals surface area (Å²) in [5, 5.41) is 5.13. The second-order valence-corrected chi connectivity index (χ2v) is 19.8. The number of nitrogens with zero attached hydrogens (tertiary/aromatic N) is 2. The molecule has 0 saturated carbocycles. The third-order valence-corrected chi connectivity index (χ3v) is 14.2. The standard InChI is InChI=1S/C19H13FN2OS2.C14H17BNO2S.C11H7BrFNOS/c1-11-8-18-15(21-10-24-18)9-12(11)16-6-7-17(25-16)19(23)22-14-5-3-2-4-13(14)20;1-9-6-12-11(16-8-19-12)7-10(9)15-17-13(2,3)14(4,5)18-15;12-10-6-5-9(16-10)11(15)14-8-4-2-1-3-7(8)13/h2-10H,1H3,(H,22,23);6-8H,2H2,1,3-5H3;1-6H,(H,14,15)/q;+1;. The second kappa shape index (κ2) is 18.0. The lowest BCUT2D eigenvalue weighted by Gasteiger charge is -2.25. The van der Waals surface area contributed by atoms with E-state index in [4.69, 9.17) is 9.31 Å². The summed E-state index contributed by atoms with van der Waals surface area (Å²) < 4.78 is 42.2. The molecule has 16 heteroatoms. The van der Waals surface area contributed by atoms with E-state index in [0.717, 1.165) is 46.6 Å². The van der Waals surface area contributed by atoms with E-state index in [1.54, 1.807) is 71.2 Å². The molecule has 8 aromatic rings. The minimum atomic E-state index is -0.554. The smallest absolute Gasteiger partial charge is 0.395 e. The first-order valence-electron chi connectivity index (χ1n) is 18.4. The van der Waals surface area contributed by atoms with Crippen LogP contribution < -0.4 is 16.1 Å². The molecule has 0 bridgehead atoms. The van der Waals surface area contributed by atoms with E-state index >= 15 is 0 Å². The van der Waals surface area contributed by atoms with Gasteiger partial charge in [-0.25, -0.2) is 18.7 Å². The maximum atomic E-state index is 13.7. The van der Waals surface area contributed by atoms with Crippen molar-refractivity contribution in [1.82, 2.24) is 9.97 Å². The van der Waals surface area contributed by atoms with Gasteiger partial charge in [0.2, 0.25) is 5.60 Å². The number of halogens is 3. The van der Waals surface area contributed by atoms with Crippen molar-refractivity contribution in [1.29, 1.82) is 0 Å². The van der Waals surface area contributed by atoms with E-state index in [0.29, 0.717) is 9.75 Å². The fourth-order valence-electron chi connectivity index (χ4n) is 6.00. The van der Waals surface area contributed by atoms with E-state index in [1.807, 2.05) is 50.8 Å². The van der Waals surface area contributed by atoms with E-state index < -0.39 is 22.8 Å². The molecule has 0 radical (unpaired) electrons. The van der Waals surface area contributed by atoms with Gasteiger partial charge >= 0.3 is 7.12 Å². The number of rotatable bonds is 6. The average molecular weight is 943 g/mol. The quantitative estimate of drug-likeness (QED) is 0.127. The summed E-state index contributed by atoms with van der Waals surface area (Å²) in [6.45, 7) is 14.2. The van der Waals surface area contributed by atoms with Crippen LogP contribution in [0.3, 0.4) is 0 Å². The fourth-order valence-corrected chi connectivity index (χ4v) is 9.78. The van der Waals surface area contributed by atoms with Crippen molar-refractivity contribution in [2.45, 2.75) is 45.8 Å². The highest BCUT2D eigenvalue weighted by Gasteiger charge is 2.57. The number of hydrogen-bond acceptors (Lipinski definition) is 10. The number of hydrogen-bond donors (Lipinski definition) is 2. The lowest BCUT2D eigenvalue weighted by Crippen LogP contribution is -2.42. The van der Waals surface area contributed by atoms with Gasteiger partial charge in [-0.2, -0.15) is 0 Å². The van der Waals surface area contributed by atoms with Crippen LogP contribution in [0.15, 0.2) is 112 Å². The van der Waals surface area contributed by atoms with Crippen molar-refractivity contribution < 1.29 is 27.7 Å². The first-order valence-corrected chi connectivity index (χ1v) is 22.6. The Morgan fingerprint density at radius 1 is 0.717 bits per heavy atom. The van der Waals surface area contributed by atoms with Gasteiger partial charge in [0.1, 0.15) is 17.2 Å². The molecule has 4 aromatic heterocycles. The van der Waals surface area contributed by atoms with Crippen molar-refractivity contribution in [2.24, 2.45) is 0 Å². The van der Waals surface area contributed by atoms with Crippen molar-refractivity contribution in [3.63, 3.8) is 0 Å². The molecule has 8 nitrogen and oxygen atoms in total. The third-order valence-electron chi connectivity index (χ3n) is 9.83. The summed E-state index contributed by atoms with van der Waals surface area (Å²) in [7, 11) is -0.372. The van der Waals surface area contributed by atoms with Crippen LogP contribution in [0.2, 0.25) is 0 Å². The summed E-state index contributed by atoms with van der Waals surface area (Å²) in [5.74, 6) is -1.50. The van der Waals surface area contributed by atoms with Gasteiger partial charge in [0.05, 0.1) is 63.3 Å². The van der Waals surface area contributed by atoms with Crippen LogP contribution in [0.5, 0.6) is 0 Å². The number of carbonyl (C=O) groups excluding carboxylic acids is 2. The van der Waals surface area contributed by atoms with Gasteiger partial charge in [-0.1, -0.05) is 24.3 Å². The number of benzene rings is 4. The van der Waals surface area contributed by atoms with Crippen LogP contribution in [-0.4, -0.2) is 40.1 Å². The molecular formula is C44H37BBrF2N4O4S4+. The van der Waals surface area contributed by atoms with Crippen molar-refractivity contribution in [3.8, 4) is 10.4 Å². The van der Waals surface area contributed by atoms with Crippen LogP contribution in [-0.2, 0) is 9.31 Å². The number of nitrogens with one attached hydrogen (secondary N) is 2. The highest BCUT2D eigenvalue weighted by atomic mass is 79.9. The van der Waals surface area contributed by atoms with Crippen LogP contribution in [0.4, 0.5) is 20.2 Å². The Morgan fingerprint density at radius 3 is 1.78 bits per heavy atom. The zero-order valence-corrected chi connectivity index (χ0v) is 37.8. The molecule has 2 amide bonds. The fraction of sp³-hybridized carbons (Fsp3) is 0.159. The zero-order valence-electron chi connectivity index (χ0n) is 33.0. The number of anilines is 2. The Balaban J connectivity index is 0.000000140. The first kappa shape index (κ1) is 43.3. The monoisotopic (exact) mass is 941 g/mol. The van der Waals surface area contributed by atoms with Crippen molar-refractivity contribution in [2.75, 3.05) is 10.6 Å². The molecule has 9 rings (SSSR count). The topological polar surface area (TPSA) is 102 Å². The Labute approximate surface area is 370 Å². The average Bonchev–Trinajstić information content (AvgIpc) is 4.05.